The van der Waals surface area contributed by atoms with Gasteiger partial charge in [0, 0.05) is 0 Å². The molecule has 66 valence electrons. The van der Waals surface area contributed by atoms with E-state index in [2.05, 4.69) is 43.5 Å². The SMILES string of the molecule is Brc1nc(C2OCCO2)sc1I. The quantitative estimate of drug-likeness (QED) is 0.720. The number of hydrogen-bond donors (Lipinski definition) is 0. The van der Waals surface area contributed by atoms with E-state index >= 15 is 0 Å². The molecule has 1 aliphatic heterocycles. The molecule has 0 N–H and O–H groups in total. The second kappa shape index (κ2) is 3.87. The van der Waals surface area contributed by atoms with Gasteiger partial charge in [0.25, 0.3) is 0 Å². The molecule has 1 aromatic heterocycles. The molecule has 0 amide bonds. The van der Waals surface area contributed by atoms with Crippen molar-refractivity contribution in [1.82, 2.24) is 4.98 Å². The van der Waals surface area contributed by atoms with E-state index in [-0.39, 0.29) is 6.29 Å². The van der Waals surface area contributed by atoms with Crippen molar-refractivity contribution in [2.45, 2.75) is 6.29 Å². The van der Waals surface area contributed by atoms with E-state index in [1.165, 1.54) is 0 Å². The predicted molar refractivity (Wildman–Crippen MR) is 57.2 cm³/mol. The first-order valence-corrected chi connectivity index (χ1v) is 6.01. The molecule has 0 spiro atoms. The van der Waals surface area contributed by atoms with Crippen molar-refractivity contribution in [3.05, 3.63) is 12.5 Å². The maximum Gasteiger partial charge on any atom is 0.211 e. The molecule has 2 heterocycles. The van der Waals surface area contributed by atoms with Crippen molar-refractivity contribution in [2.75, 3.05) is 13.2 Å². The third-order valence-corrected chi connectivity index (χ3v) is 5.00. The molecule has 0 bridgehead atoms. The van der Waals surface area contributed by atoms with Gasteiger partial charge >= 0.3 is 0 Å². The van der Waals surface area contributed by atoms with Crippen LogP contribution in [0.3, 0.4) is 0 Å². The monoisotopic (exact) mass is 361 g/mol. The molecule has 12 heavy (non-hydrogen) atoms. The third kappa shape index (κ3) is 1.82. The molecular formula is C6H5BrINO2S. The van der Waals surface area contributed by atoms with Gasteiger partial charge in [0.2, 0.25) is 6.29 Å². The second-order valence-corrected chi connectivity index (χ2v) is 5.78. The average molecular weight is 362 g/mol. The van der Waals surface area contributed by atoms with Crippen LogP contribution >= 0.6 is 49.9 Å². The van der Waals surface area contributed by atoms with Gasteiger partial charge in [-0.25, -0.2) is 4.98 Å². The Morgan fingerprint density at radius 3 is 2.67 bits per heavy atom. The molecule has 1 aliphatic rings. The van der Waals surface area contributed by atoms with Crippen LogP contribution < -0.4 is 0 Å². The van der Waals surface area contributed by atoms with Gasteiger partial charge in [-0.1, -0.05) is 0 Å². The smallest absolute Gasteiger partial charge is 0.211 e. The molecular weight excluding hydrogens is 357 g/mol. The maximum absolute atomic E-state index is 5.31. The van der Waals surface area contributed by atoms with Gasteiger partial charge in [0.15, 0.2) is 5.01 Å². The van der Waals surface area contributed by atoms with E-state index in [1.807, 2.05) is 0 Å². The summed E-state index contributed by atoms with van der Waals surface area (Å²) in [6.45, 7) is 1.33. The first-order valence-electron chi connectivity index (χ1n) is 3.32. The van der Waals surface area contributed by atoms with Crippen LogP contribution in [0.5, 0.6) is 0 Å². The zero-order valence-corrected chi connectivity index (χ0v) is 10.5. The minimum absolute atomic E-state index is 0.241. The number of ether oxygens (including phenoxy) is 2. The molecule has 1 aromatic rings. The lowest BCUT2D eigenvalue weighted by atomic mass is 10.7. The van der Waals surface area contributed by atoms with Gasteiger partial charge in [-0.3, -0.25) is 0 Å². The Morgan fingerprint density at radius 2 is 2.17 bits per heavy atom. The van der Waals surface area contributed by atoms with Crippen molar-refractivity contribution in [1.29, 1.82) is 0 Å². The molecule has 0 radical (unpaired) electrons. The van der Waals surface area contributed by atoms with E-state index in [0.29, 0.717) is 13.2 Å². The van der Waals surface area contributed by atoms with Crippen LogP contribution in [0.4, 0.5) is 0 Å². The first-order chi connectivity index (χ1) is 5.77. The van der Waals surface area contributed by atoms with Gasteiger partial charge in [-0.2, -0.15) is 0 Å². The Labute approximate surface area is 95.7 Å². The highest BCUT2D eigenvalue weighted by atomic mass is 127. The van der Waals surface area contributed by atoms with Crippen LogP contribution in [0, 0.1) is 2.88 Å². The Morgan fingerprint density at radius 1 is 1.50 bits per heavy atom. The van der Waals surface area contributed by atoms with Crippen molar-refractivity contribution in [3.8, 4) is 0 Å². The van der Waals surface area contributed by atoms with Gasteiger partial charge in [-0.15, -0.1) is 11.3 Å². The van der Waals surface area contributed by atoms with Gasteiger partial charge in [0.05, 0.1) is 13.2 Å². The number of nitrogens with zero attached hydrogens (tertiary/aromatic N) is 1. The van der Waals surface area contributed by atoms with Crippen LogP contribution in [-0.4, -0.2) is 18.2 Å². The van der Waals surface area contributed by atoms with E-state index < -0.39 is 0 Å². The number of aromatic nitrogens is 1. The Balaban J connectivity index is 2.21. The summed E-state index contributed by atoms with van der Waals surface area (Å²) in [6.07, 6.45) is -0.241. The number of halogens is 2. The summed E-state index contributed by atoms with van der Waals surface area (Å²) in [6, 6.07) is 0. The largest absolute Gasteiger partial charge is 0.344 e. The number of thiazole rings is 1. The van der Waals surface area contributed by atoms with E-state index in [4.69, 9.17) is 9.47 Å². The van der Waals surface area contributed by atoms with Crippen LogP contribution in [0.15, 0.2) is 4.60 Å². The fourth-order valence-electron chi connectivity index (χ4n) is 0.899. The zero-order valence-electron chi connectivity index (χ0n) is 5.92. The lowest BCUT2D eigenvalue weighted by Crippen LogP contribution is -1.96. The minimum Gasteiger partial charge on any atom is -0.344 e. The number of hydrogen-bond acceptors (Lipinski definition) is 4. The molecule has 0 atom stereocenters. The van der Waals surface area contributed by atoms with Gasteiger partial charge < -0.3 is 9.47 Å². The fourth-order valence-corrected chi connectivity index (χ4v) is 2.93. The van der Waals surface area contributed by atoms with Gasteiger partial charge in [0.1, 0.15) is 7.49 Å². The van der Waals surface area contributed by atoms with Crippen LogP contribution in [0.2, 0.25) is 0 Å². The highest BCUT2D eigenvalue weighted by molar-refractivity contribution is 14.1. The molecule has 2 rings (SSSR count). The third-order valence-electron chi connectivity index (χ3n) is 1.39. The standard InChI is InChI=1S/C6H5BrINO2S/c7-3-4(8)12-5(9-3)6-10-1-2-11-6/h6H,1-2H2. The first kappa shape index (κ1) is 9.32. The van der Waals surface area contributed by atoms with Crippen LogP contribution in [0.25, 0.3) is 0 Å². The summed E-state index contributed by atoms with van der Waals surface area (Å²) in [4.78, 5) is 4.27. The van der Waals surface area contributed by atoms with E-state index in [0.717, 1.165) is 12.5 Å². The zero-order chi connectivity index (χ0) is 8.55. The summed E-state index contributed by atoms with van der Waals surface area (Å²) in [7, 11) is 0. The fraction of sp³-hybridized carbons (Fsp3) is 0.500. The summed E-state index contributed by atoms with van der Waals surface area (Å²) in [5.74, 6) is 0. The lowest BCUT2D eigenvalue weighted by molar-refractivity contribution is -0.0442. The summed E-state index contributed by atoms with van der Waals surface area (Å²) < 4.78 is 12.6. The summed E-state index contributed by atoms with van der Waals surface area (Å²) >= 11 is 7.16. The molecule has 0 saturated carbocycles. The Bertz CT molecular complexity index is 268. The summed E-state index contributed by atoms with van der Waals surface area (Å²) in [5.41, 5.74) is 0. The van der Waals surface area contributed by atoms with Crippen molar-refractivity contribution in [3.63, 3.8) is 0 Å². The molecule has 0 unspecified atom stereocenters. The van der Waals surface area contributed by atoms with Gasteiger partial charge in [-0.05, 0) is 38.5 Å². The van der Waals surface area contributed by atoms with Crippen molar-refractivity contribution in [2.24, 2.45) is 0 Å². The normalized spacial score (nSPS) is 18.8. The highest BCUT2D eigenvalue weighted by Gasteiger charge is 2.22. The Kier molecular flexibility index (Phi) is 3.00. The molecule has 1 fully saturated rings. The van der Waals surface area contributed by atoms with Crippen molar-refractivity contribution < 1.29 is 9.47 Å². The van der Waals surface area contributed by atoms with Crippen LogP contribution in [0.1, 0.15) is 11.3 Å². The molecule has 0 aromatic carbocycles. The van der Waals surface area contributed by atoms with Crippen LogP contribution in [-0.2, 0) is 9.47 Å². The highest BCUT2D eigenvalue weighted by Crippen LogP contribution is 2.32. The molecule has 6 heteroatoms. The molecule has 0 aliphatic carbocycles. The second-order valence-electron chi connectivity index (χ2n) is 2.19. The predicted octanol–water partition coefficient (Wildman–Crippen LogP) is 2.56. The van der Waals surface area contributed by atoms with E-state index in [9.17, 15) is 0 Å². The lowest BCUT2D eigenvalue weighted by Gasteiger charge is -2.02. The summed E-state index contributed by atoms with van der Waals surface area (Å²) in [5, 5.41) is 0.892. The minimum atomic E-state index is -0.241. The van der Waals surface area contributed by atoms with Crippen molar-refractivity contribution >= 4 is 49.9 Å². The number of rotatable bonds is 1. The molecule has 1 saturated heterocycles. The Hall–Kier alpha value is 0.760. The molecule has 3 nitrogen and oxygen atoms in total. The van der Waals surface area contributed by atoms with E-state index in [1.54, 1.807) is 11.3 Å². The maximum atomic E-state index is 5.31. The average Bonchev–Trinajstić information content (AvgIpc) is 2.61. The topological polar surface area (TPSA) is 31.4 Å².